The first kappa shape index (κ1) is 25.3. The standard InChI is InChI=1S/C21H41NO3S/c1-3-4-5-6-7-8-9-10-11-12-13-14-15-16-17-18-21(23)22(2)19-20-26(24)25/h10-11H,3-9,12-20H2,1-2H3,(H,24,25)/b11-10-. The lowest BCUT2D eigenvalue weighted by atomic mass is 10.1. The van der Waals surface area contributed by atoms with Crippen LogP contribution in [0.1, 0.15) is 96.8 Å². The van der Waals surface area contributed by atoms with Gasteiger partial charge in [-0.25, -0.2) is 4.21 Å². The van der Waals surface area contributed by atoms with Gasteiger partial charge in [-0.05, 0) is 32.1 Å². The Balaban J connectivity index is 3.33. The highest BCUT2D eigenvalue weighted by molar-refractivity contribution is 7.79. The summed E-state index contributed by atoms with van der Waals surface area (Å²) in [4.78, 5) is 13.4. The maximum atomic E-state index is 11.8. The molecule has 0 aliphatic carbocycles. The zero-order chi connectivity index (χ0) is 19.5. The predicted octanol–water partition coefficient (Wildman–Crippen LogP) is 5.70. The van der Waals surface area contributed by atoms with E-state index < -0.39 is 11.1 Å². The highest BCUT2D eigenvalue weighted by atomic mass is 32.2. The number of unbranched alkanes of at least 4 members (excludes halogenated alkanes) is 11. The topological polar surface area (TPSA) is 57.6 Å². The molecule has 1 unspecified atom stereocenters. The molecular weight excluding hydrogens is 346 g/mol. The van der Waals surface area contributed by atoms with E-state index in [-0.39, 0.29) is 11.7 Å². The minimum Gasteiger partial charge on any atom is -0.345 e. The molecule has 0 heterocycles. The molecule has 0 aromatic heterocycles. The zero-order valence-corrected chi connectivity index (χ0v) is 17.9. The number of carbonyl (C=O) groups is 1. The summed E-state index contributed by atoms with van der Waals surface area (Å²) in [7, 11) is 1.70. The summed E-state index contributed by atoms with van der Waals surface area (Å²) in [6, 6.07) is 0. The van der Waals surface area contributed by atoms with E-state index in [0.29, 0.717) is 13.0 Å². The van der Waals surface area contributed by atoms with E-state index in [4.69, 9.17) is 4.55 Å². The van der Waals surface area contributed by atoms with Crippen LogP contribution in [0, 0.1) is 0 Å². The molecule has 0 saturated carbocycles. The van der Waals surface area contributed by atoms with Crippen LogP contribution in [0.4, 0.5) is 0 Å². The van der Waals surface area contributed by atoms with Gasteiger partial charge < -0.3 is 9.45 Å². The molecule has 0 aromatic rings. The highest BCUT2D eigenvalue weighted by Crippen LogP contribution is 2.10. The molecule has 0 fully saturated rings. The first-order valence-electron chi connectivity index (χ1n) is 10.5. The van der Waals surface area contributed by atoms with Crippen molar-refractivity contribution in [2.24, 2.45) is 0 Å². The number of amides is 1. The molecule has 154 valence electrons. The van der Waals surface area contributed by atoms with E-state index in [1.165, 1.54) is 70.6 Å². The number of carbonyl (C=O) groups excluding carboxylic acids is 1. The van der Waals surface area contributed by atoms with Gasteiger partial charge in [-0.2, -0.15) is 0 Å². The molecular formula is C21H41NO3S. The van der Waals surface area contributed by atoms with Crippen molar-refractivity contribution in [1.82, 2.24) is 4.90 Å². The van der Waals surface area contributed by atoms with Gasteiger partial charge in [-0.3, -0.25) is 4.79 Å². The summed E-state index contributed by atoms with van der Waals surface area (Å²) in [5.74, 6) is 0.210. The first-order chi connectivity index (χ1) is 12.6. The quantitative estimate of drug-likeness (QED) is 0.186. The molecule has 0 spiro atoms. The molecule has 26 heavy (non-hydrogen) atoms. The van der Waals surface area contributed by atoms with E-state index in [1.807, 2.05) is 0 Å². The van der Waals surface area contributed by atoms with Crippen LogP contribution < -0.4 is 0 Å². The van der Waals surface area contributed by atoms with Gasteiger partial charge in [0.1, 0.15) is 0 Å². The van der Waals surface area contributed by atoms with Crippen molar-refractivity contribution in [1.29, 1.82) is 0 Å². The molecule has 0 saturated heterocycles. The average molecular weight is 388 g/mol. The Bertz CT molecular complexity index is 385. The zero-order valence-electron chi connectivity index (χ0n) is 17.1. The monoisotopic (exact) mass is 387 g/mol. The number of rotatable bonds is 18. The largest absolute Gasteiger partial charge is 0.345 e. The van der Waals surface area contributed by atoms with Gasteiger partial charge in [0.05, 0.1) is 5.75 Å². The van der Waals surface area contributed by atoms with Gasteiger partial charge in [0.15, 0.2) is 11.1 Å². The highest BCUT2D eigenvalue weighted by Gasteiger charge is 2.08. The molecule has 0 aliphatic rings. The summed E-state index contributed by atoms with van der Waals surface area (Å²) in [6.45, 7) is 2.61. The van der Waals surface area contributed by atoms with Gasteiger partial charge in [0.25, 0.3) is 0 Å². The summed E-state index contributed by atoms with van der Waals surface area (Å²) in [5, 5.41) is 0. The van der Waals surface area contributed by atoms with Crippen molar-refractivity contribution in [2.45, 2.75) is 96.8 Å². The molecule has 4 nitrogen and oxygen atoms in total. The van der Waals surface area contributed by atoms with E-state index in [0.717, 1.165) is 12.8 Å². The summed E-state index contributed by atoms with van der Waals surface area (Å²) < 4.78 is 19.3. The van der Waals surface area contributed by atoms with Crippen LogP contribution in [0.25, 0.3) is 0 Å². The second kappa shape index (κ2) is 19.1. The number of hydrogen-bond donors (Lipinski definition) is 1. The minimum atomic E-state index is -1.82. The van der Waals surface area contributed by atoms with Crippen LogP contribution in [-0.2, 0) is 15.9 Å². The molecule has 0 rings (SSSR count). The van der Waals surface area contributed by atoms with Crippen LogP contribution in [0.15, 0.2) is 12.2 Å². The lowest BCUT2D eigenvalue weighted by molar-refractivity contribution is -0.129. The van der Waals surface area contributed by atoms with Crippen molar-refractivity contribution in [3.8, 4) is 0 Å². The Morgan fingerprint density at radius 2 is 1.38 bits per heavy atom. The fourth-order valence-electron chi connectivity index (χ4n) is 2.88. The van der Waals surface area contributed by atoms with Crippen LogP contribution in [0.2, 0.25) is 0 Å². The minimum absolute atomic E-state index is 0.0769. The first-order valence-corrected chi connectivity index (χ1v) is 11.8. The number of nitrogens with zero attached hydrogens (tertiary/aromatic N) is 1. The average Bonchev–Trinajstić information content (AvgIpc) is 2.62. The third-order valence-electron chi connectivity index (χ3n) is 4.68. The lowest BCUT2D eigenvalue weighted by Crippen LogP contribution is -2.30. The van der Waals surface area contributed by atoms with Gasteiger partial charge >= 0.3 is 0 Å². The van der Waals surface area contributed by atoms with Crippen molar-refractivity contribution < 1.29 is 13.6 Å². The van der Waals surface area contributed by atoms with Crippen LogP contribution >= 0.6 is 0 Å². The van der Waals surface area contributed by atoms with Gasteiger partial charge in [0.2, 0.25) is 5.91 Å². The second-order valence-corrected chi connectivity index (χ2v) is 8.23. The Kier molecular flexibility index (Phi) is 18.6. The Morgan fingerprint density at radius 3 is 1.92 bits per heavy atom. The van der Waals surface area contributed by atoms with Crippen molar-refractivity contribution in [3.63, 3.8) is 0 Å². The number of hydrogen-bond acceptors (Lipinski definition) is 2. The van der Waals surface area contributed by atoms with Crippen molar-refractivity contribution >= 4 is 17.0 Å². The van der Waals surface area contributed by atoms with Gasteiger partial charge in [-0.15, -0.1) is 0 Å². The molecule has 5 heteroatoms. The smallest absolute Gasteiger partial charge is 0.222 e. The van der Waals surface area contributed by atoms with Crippen molar-refractivity contribution in [3.05, 3.63) is 12.2 Å². The summed E-state index contributed by atoms with van der Waals surface area (Å²) in [6.07, 6.45) is 21.5. The number of allylic oxidation sites excluding steroid dienone is 2. The fourth-order valence-corrected chi connectivity index (χ4v) is 3.31. The SMILES string of the molecule is CCCCCCCC/C=C\CCCCCCCC(=O)N(C)CCS(=O)O. The van der Waals surface area contributed by atoms with Crippen LogP contribution in [-0.4, -0.2) is 38.9 Å². The molecule has 1 atom stereocenters. The fraction of sp³-hybridized carbons (Fsp3) is 0.857. The maximum absolute atomic E-state index is 11.8. The Morgan fingerprint density at radius 1 is 0.885 bits per heavy atom. The second-order valence-electron chi connectivity index (χ2n) is 7.18. The Hall–Kier alpha value is -0.680. The molecule has 1 amide bonds. The van der Waals surface area contributed by atoms with E-state index in [2.05, 4.69) is 19.1 Å². The molecule has 1 N–H and O–H groups in total. The van der Waals surface area contributed by atoms with Gasteiger partial charge in [-0.1, -0.05) is 70.4 Å². The van der Waals surface area contributed by atoms with Gasteiger partial charge in [0, 0.05) is 20.0 Å². The molecule has 0 aliphatic heterocycles. The van der Waals surface area contributed by atoms with Crippen molar-refractivity contribution in [2.75, 3.05) is 19.3 Å². The van der Waals surface area contributed by atoms with E-state index in [9.17, 15) is 9.00 Å². The third-order valence-corrected chi connectivity index (χ3v) is 5.21. The van der Waals surface area contributed by atoms with E-state index in [1.54, 1.807) is 11.9 Å². The molecule has 0 radical (unpaired) electrons. The molecule has 0 aromatic carbocycles. The molecule has 0 bridgehead atoms. The van der Waals surface area contributed by atoms with E-state index >= 15 is 0 Å². The summed E-state index contributed by atoms with van der Waals surface area (Å²) >= 11 is -1.82. The third kappa shape index (κ3) is 18.1. The van der Waals surface area contributed by atoms with Crippen LogP contribution in [0.5, 0.6) is 0 Å². The van der Waals surface area contributed by atoms with Crippen LogP contribution in [0.3, 0.4) is 0 Å². The summed E-state index contributed by atoms with van der Waals surface area (Å²) in [5.41, 5.74) is 0. The normalized spacial score (nSPS) is 12.6. The predicted molar refractivity (Wildman–Crippen MR) is 113 cm³/mol. The lowest BCUT2D eigenvalue weighted by Gasteiger charge is -2.15. The Labute approximate surface area is 164 Å². The maximum Gasteiger partial charge on any atom is 0.222 e.